The van der Waals surface area contributed by atoms with Crippen LogP contribution >= 0.6 is 8.03 Å². The molecule has 5 rings (SSSR count). The van der Waals surface area contributed by atoms with E-state index in [4.69, 9.17) is 13.9 Å². The summed E-state index contributed by atoms with van der Waals surface area (Å²) >= 11 is 0. The predicted octanol–water partition coefficient (Wildman–Crippen LogP) is 9.62. The topological polar surface area (TPSA) is 85.7 Å². The number of hydrogen-bond acceptors (Lipinski definition) is 5. The molecule has 1 heterocycles. The van der Waals surface area contributed by atoms with Gasteiger partial charge in [-0.3, -0.25) is 9.78 Å². The molecule has 0 amide bonds. The molecule has 0 bridgehead atoms. The fourth-order valence-electron chi connectivity index (χ4n) is 6.85. The summed E-state index contributed by atoms with van der Waals surface area (Å²) < 4.78 is 40.4. The molecule has 0 aliphatic heterocycles. The van der Waals surface area contributed by atoms with Gasteiger partial charge in [-0.2, -0.15) is 0 Å². The average Bonchev–Trinajstić information content (AvgIpc) is 3.13. The van der Waals surface area contributed by atoms with Gasteiger partial charge in [0.25, 0.3) is 8.32 Å². The Morgan fingerprint density at radius 1 is 0.885 bits per heavy atom. The largest absolute Gasteiger partial charge is 0.511 e. The number of aromatic nitrogens is 1. The second-order valence-corrected chi connectivity index (χ2v) is 19.3. The SMILES string of the molecule is CCc1nc(-c2ccccc2)c(C)c(-c2ccc(F)cc2)c1C=CCO[P+](=O)CC(CC(=O)O)O[Si](c1ccccc1)(c1ccccc1)C(C)(C)C. The highest BCUT2D eigenvalue weighted by molar-refractivity contribution is 7.39. The molecule has 4 aromatic carbocycles. The third-order valence-corrected chi connectivity index (χ3v) is 15.4. The van der Waals surface area contributed by atoms with Gasteiger partial charge in [0.2, 0.25) is 6.16 Å². The van der Waals surface area contributed by atoms with Crippen LogP contribution in [-0.2, 0) is 24.7 Å². The third kappa shape index (κ3) is 8.88. The van der Waals surface area contributed by atoms with Crippen LogP contribution in [0.3, 0.4) is 0 Å². The number of nitrogens with zero attached hydrogens (tertiary/aromatic N) is 1. The Labute approximate surface area is 308 Å². The summed E-state index contributed by atoms with van der Waals surface area (Å²) in [7, 11) is -5.40. The number of aryl methyl sites for hydroxylation is 1. The van der Waals surface area contributed by atoms with Crippen molar-refractivity contribution in [2.24, 2.45) is 0 Å². The van der Waals surface area contributed by atoms with Gasteiger partial charge in [-0.05, 0) is 62.1 Å². The molecule has 5 aromatic rings. The van der Waals surface area contributed by atoms with E-state index in [1.807, 2.05) is 111 Å². The van der Waals surface area contributed by atoms with Crippen LogP contribution in [0.4, 0.5) is 4.39 Å². The van der Waals surface area contributed by atoms with E-state index in [2.05, 4.69) is 20.8 Å². The number of hydrogen-bond donors (Lipinski definition) is 1. The summed E-state index contributed by atoms with van der Waals surface area (Å²) in [6.45, 7) is 10.4. The van der Waals surface area contributed by atoms with Crippen molar-refractivity contribution in [2.75, 3.05) is 12.8 Å². The molecule has 0 saturated carbocycles. The standard InChI is InChI=1S/C43H45FNO5PSi/c1-6-39-38(41(32-24-26-34(44)27-25-32)31(2)42(45-39)33-17-10-7-11-18-33)23-16-28-49-51(48)30-35(29-40(46)47)50-52(43(3,4)5,36-19-12-8-13-20-36)37-21-14-9-15-22-37/h7-27,35H,6,28-30H2,1-5H3/p+1. The van der Waals surface area contributed by atoms with Gasteiger partial charge in [-0.1, -0.05) is 143 Å². The molecule has 0 fully saturated rings. The molecule has 1 N–H and O–H groups in total. The van der Waals surface area contributed by atoms with Gasteiger partial charge < -0.3 is 9.53 Å². The summed E-state index contributed by atoms with van der Waals surface area (Å²) in [6.07, 6.45) is 3.12. The van der Waals surface area contributed by atoms with Crippen LogP contribution in [0.5, 0.6) is 0 Å². The van der Waals surface area contributed by atoms with Gasteiger partial charge in [0.05, 0.1) is 12.1 Å². The van der Waals surface area contributed by atoms with Crippen molar-refractivity contribution in [3.63, 3.8) is 0 Å². The first-order valence-electron chi connectivity index (χ1n) is 17.5. The molecule has 0 aliphatic carbocycles. The van der Waals surface area contributed by atoms with Crippen LogP contribution in [0.1, 0.15) is 50.9 Å². The Bertz CT molecular complexity index is 1960. The van der Waals surface area contributed by atoms with Crippen LogP contribution in [0.2, 0.25) is 5.04 Å². The van der Waals surface area contributed by atoms with Gasteiger partial charge in [0.1, 0.15) is 18.5 Å². The number of carboxylic acid groups (broad SMARTS) is 1. The number of carbonyl (C=O) groups is 1. The van der Waals surface area contributed by atoms with Gasteiger partial charge in [-0.25, -0.2) is 4.39 Å². The monoisotopic (exact) mass is 734 g/mol. The van der Waals surface area contributed by atoms with Crippen molar-refractivity contribution in [3.05, 3.63) is 144 Å². The quantitative estimate of drug-likeness (QED) is 0.0852. The van der Waals surface area contributed by atoms with Crippen molar-refractivity contribution >= 4 is 38.8 Å². The van der Waals surface area contributed by atoms with Crippen LogP contribution in [0.15, 0.2) is 121 Å². The summed E-state index contributed by atoms with van der Waals surface area (Å²) in [5.74, 6) is -1.35. The molecule has 6 nitrogen and oxygen atoms in total. The van der Waals surface area contributed by atoms with Crippen molar-refractivity contribution in [3.8, 4) is 22.4 Å². The highest BCUT2D eigenvalue weighted by Gasteiger charge is 2.52. The smallest absolute Gasteiger partial charge is 0.481 e. The van der Waals surface area contributed by atoms with Crippen LogP contribution in [0.25, 0.3) is 28.5 Å². The lowest BCUT2D eigenvalue weighted by atomic mass is 9.90. The van der Waals surface area contributed by atoms with E-state index in [1.54, 1.807) is 18.2 Å². The molecule has 9 heteroatoms. The fraction of sp³-hybridized carbons (Fsp3) is 0.256. The predicted molar refractivity (Wildman–Crippen MR) is 211 cm³/mol. The number of pyridine rings is 1. The molecule has 268 valence electrons. The zero-order chi connectivity index (χ0) is 37.3. The first-order chi connectivity index (χ1) is 24.9. The minimum absolute atomic E-state index is 0.0275. The Kier molecular flexibility index (Phi) is 12.8. The average molecular weight is 735 g/mol. The lowest BCUT2D eigenvalue weighted by molar-refractivity contribution is -0.138. The Morgan fingerprint density at radius 2 is 1.44 bits per heavy atom. The summed E-state index contributed by atoms with van der Waals surface area (Å²) in [5.41, 5.74) is 6.35. The molecule has 0 aliphatic rings. The Balaban J connectivity index is 1.42. The van der Waals surface area contributed by atoms with Crippen molar-refractivity contribution < 1.29 is 27.8 Å². The van der Waals surface area contributed by atoms with Gasteiger partial charge in [0, 0.05) is 16.8 Å². The maximum absolute atomic E-state index is 14.0. The molecule has 2 unspecified atom stereocenters. The van der Waals surface area contributed by atoms with Crippen LogP contribution < -0.4 is 10.4 Å². The minimum atomic E-state index is -3.11. The van der Waals surface area contributed by atoms with E-state index in [0.717, 1.165) is 49.6 Å². The lowest BCUT2D eigenvalue weighted by Gasteiger charge is -2.44. The summed E-state index contributed by atoms with van der Waals surface area (Å²) in [6, 6.07) is 36.3. The molecular formula is C43H46FNO5PSi+. The molecule has 1 aromatic heterocycles. The number of carboxylic acids is 1. The second kappa shape index (κ2) is 17.3. The molecule has 2 atom stereocenters. The fourth-order valence-corrected chi connectivity index (χ4v) is 12.6. The summed E-state index contributed by atoms with van der Waals surface area (Å²) in [5, 5.41) is 11.6. The van der Waals surface area contributed by atoms with E-state index in [-0.39, 0.29) is 30.0 Å². The van der Waals surface area contributed by atoms with Crippen molar-refractivity contribution in [1.29, 1.82) is 0 Å². The molecule has 52 heavy (non-hydrogen) atoms. The first-order valence-corrected chi connectivity index (χ1v) is 20.8. The normalized spacial score (nSPS) is 12.9. The van der Waals surface area contributed by atoms with Crippen molar-refractivity contribution in [2.45, 2.75) is 58.6 Å². The van der Waals surface area contributed by atoms with Crippen LogP contribution in [0, 0.1) is 12.7 Å². The van der Waals surface area contributed by atoms with E-state index in [1.165, 1.54) is 12.1 Å². The van der Waals surface area contributed by atoms with Gasteiger partial charge in [0.15, 0.2) is 0 Å². The molecule has 0 radical (unpaired) electrons. The van der Waals surface area contributed by atoms with Gasteiger partial charge in [-0.15, -0.1) is 4.52 Å². The second-order valence-electron chi connectivity index (χ2n) is 13.8. The zero-order valence-corrected chi connectivity index (χ0v) is 32.3. The number of benzene rings is 4. The van der Waals surface area contributed by atoms with E-state index in [9.17, 15) is 18.9 Å². The number of halogens is 1. The Hall–Kier alpha value is -4.59. The highest BCUT2D eigenvalue weighted by Crippen LogP contribution is 2.40. The number of aliphatic carboxylic acids is 1. The van der Waals surface area contributed by atoms with Crippen molar-refractivity contribution in [1.82, 2.24) is 4.98 Å². The first kappa shape index (κ1) is 38.6. The minimum Gasteiger partial charge on any atom is -0.481 e. The Morgan fingerprint density at radius 3 is 1.96 bits per heavy atom. The maximum Gasteiger partial charge on any atom is 0.511 e. The lowest BCUT2D eigenvalue weighted by Crippen LogP contribution is -2.68. The van der Waals surface area contributed by atoms with Gasteiger partial charge >= 0.3 is 14.0 Å². The molecule has 0 spiro atoms. The van der Waals surface area contributed by atoms with Crippen LogP contribution in [-0.4, -0.2) is 43.2 Å². The highest BCUT2D eigenvalue weighted by atomic mass is 31.1. The molecule has 0 saturated heterocycles. The maximum atomic E-state index is 14.0. The molecular weight excluding hydrogens is 689 g/mol. The van der Waals surface area contributed by atoms with E-state index < -0.39 is 28.4 Å². The number of rotatable bonds is 15. The van der Waals surface area contributed by atoms with E-state index >= 15 is 0 Å². The zero-order valence-electron chi connectivity index (χ0n) is 30.4. The van der Waals surface area contributed by atoms with E-state index in [0.29, 0.717) is 6.42 Å². The third-order valence-electron chi connectivity index (χ3n) is 9.19. The summed E-state index contributed by atoms with van der Waals surface area (Å²) in [4.78, 5) is 17.2.